The lowest BCUT2D eigenvalue weighted by molar-refractivity contribution is -0.129. The number of rotatable bonds is 7. The number of nitrogens with one attached hydrogen (secondary N) is 2. The zero-order valence-corrected chi connectivity index (χ0v) is 15.3. The van der Waals surface area contributed by atoms with Crippen LogP contribution < -0.4 is 15.4 Å². The Morgan fingerprint density at radius 3 is 2.55 bits per heavy atom. The van der Waals surface area contributed by atoms with E-state index in [0.717, 1.165) is 17.8 Å². The fourth-order valence-electron chi connectivity index (χ4n) is 2.36. The van der Waals surface area contributed by atoms with Crippen LogP contribution in [0.1, 0.15) is 6.92 Å². The summed E-state index contributed by atoms with van der Waals surface area (Å²) in [5.41, 5.74) is 1.32. The highest BCUT2D eigenvalue weighted by molar-refractivity contribution is 5.95. The molecule has 3 rings (SSSR count). The van der Waals surface area contributed by atoms with Gasteiger partial charge in [0.1, 0.15) is 18.4 Å². The topological polar surface area (TPSA) is 98.1 Å². The molecule has 0 saturated carbocycles. The van der Waals surface area contributed by atoms with Crippen LogP contribution in [0.25, 0.3) is 5.69 Å². The fraction of sp³-hybridized carbons (Fsp3) is 0.158. The molecular weight excluding hydrogens is 384 g/mol. The predicted molar refractivity (Wildman–Crippen MR) is 99.4 cm³/mol. The second kappa shape index (κ2) is 8.91. The molecule has 3 aromatic rings. The van der Waals surface area contributed by atoms with Gasteiger partial charge in [0.15, 0.2) is 17.7 Å². The van der Waals surface area contributed by atoms with Crippen molar-refractivity contribution in [2.45, 2.75) is 13.0 Å². The molecule has 10 heteroatoms. The maximum absolute atomic E-state index is 13.2. The molecule has 0 fully saturated rings. The molecule has 2 aromatic carbocycles. The van der Waals surface area contributed by atoms with Crippen molar-refractivity contribution in [1.82, 2.24) is 20.1 Å². The number of benzene rings is 2. The summed E-state index contributed by atoms with van der Waals surface area (Å²) in [6.45, 7) is 1.15. The molecule has 29 heavy (non-hydrogen) atoms. The van der Waals surface area contributed by atoms with E-state index in [1.165, 1.54) is 19.3 Å². The number of anilines is 1. The second-order valence-electron chi connectivity index (χ2n) is 5.99. The maximum atomic E-state index is 13.2. The Morgan fingerprint density at radius 1 is 1.14 bits per heavy atom. The van der Waals surface area contributed by atoms with E-state index >= 15 is 0 Å². The van der Waals surface area contributed by atoms with Crippen LogP contribution >= 0.6 is 0 Å². The molecule has 1 aromatic heterocycles. The minimum absolute atomic E-state index is 0.00322. The van der Waals surface area contributed by atoms with E-state index in [1.807, 2.05) is 0 Å². The van der Waals surface area contributed by atoms with E-state index in [1.54, 1.807) is 35.3 Å². The van der Waals surface area contributed by atoms with Gasteiger partial charge >= 0.3 is 0 Å². The number of aromatic nitrogens is 3. The van der Waals surface area contributed by atoms with Crippen LogP contribution in [0.4, 0.5) is 14.5 Å². The number of hydrogen-bond donors (Lipinski definition) is 2. The molecule has 150 valence electrons. The second-order valence-corrected chi connectivity index (χ2v) is 5.99. The van der Waals surface area contributed by atoms with Crippen LogP contribution in [0, 0.1) is 11.6 Å². The van der Waals surface area contributed by atoms with Gasteiger partial charge in [-0.15, -0.1) is 0 Å². The summed E-state index contributed by atoms with van der Waals surface area (Å²) >= 11 is 0. The quantitative estimate of drug-likeness (QED) is 0.632. The van der Waals surface area contributed by atoms with Crippen LogP contribution in [0.2, 0.25) is 0 Å². The summed E-state index contributed by atoms with van der Waals surface area (Å²) in [6, 6.07) is 9.82. The Balaban J connectivity index is 1.46. The van der Waals surface area contributed by atoms with Crippen molar-refractivity contribution in [1.29, 1.82) is 0 Å². The third-order valence-electron chi connectivity index (χ3n) is 3.83. The van der Waals surface area contributed by atoms with Gasteiger partial charge in [-0.3, -0.25) is 9.59 Å². The van der Waals surface area contributed by atoms with Crippen molar-refractivity contribution in [3.8, 4) is 11.4 Å². The molecule has 0 saturated heterocycles. The van der Waals surface area contributed by atoms with E-state index in [4.69, 9.17) is 4.74 Å². The van der Waals surface area contributed by atoms with Crippen LogP contribution in [0.15, 0.2) is 55.1 Å². The maximum Gasteiger partial charge on any atom is 0.261 e. The smallest absolute Gasteiger partial charge is 0.261 e. The highest BCUT2D eigenvalue weighted by Gasteiger charge is 2.16. The molecule has 0 aliphatic rings. The van der Waals surface area contributed by atoms with Crippen molar-refractivity contribution in [3.63, 3.8) is 0 Å². The minimum Gasteiger partial charge on any atom is -0.481 e. The molecule has 0 radical (unpaired) electrons. The Kier molecular flexibility index (Phi) is 6.12. The average Bonchev–Trinajstić information content (AvgIpc) is 3.24. The number of halogens is 2. The molecule has 1 heterocycles. The number of carbonyl (C=O) groups excluding carboxylic acids is 2. The molecule has 0 spiro atoms. The predicted octanol–water partition coefficient (Wildman–Crippen LogP) is 2.07. The van der Waals surface area contributed by atoms with Gasteiger partial charge in [0.2, 0.25) is 5.91 Å². The van der Waals surface area contributed by atoms with Gasteiger partial charge in [0.25, 0.3) is 5.91 Å². The third-order valence-corrected chi connectivity index (χ3v) is 3.83. The van der Waals surface area contributed by atoms with Crippen LogP contribution in [-0.2, 0) is 9.59 Å². The van der Waals surface area contributed by atoms with Crippen molar-refractivity contribution in [3.05, 3.63) is 66.8 Å². The van der Waals surface area contributed by atoms with E-state index in [2.05, 4.69) is 20.7 Å². The van der Waals surface area contributed by atoms with Crippen LogP contribution in [0.3, 0.4) is 0 Å². The van der Waals surface area contributed by atoms with Crippen molar-refractivity contribution in [2.24, 2.45) is 0 Å². The fourth-order valence-corrected chi connectivity index (χ4v) is 2.36. The monoisotopic (exact) mass is 401 g/mol. The molecule has 2 amide bonds. The first-order chi connectivity index (χ1) is 13.9. The summed E-state index contributed by atoms with van der Waals surface area (Å²) in [6.07, 6.45) is 1.96. The Morgan fingerprint density at radius 2 is 1.90 bits per heavy atom. The lowest BCUT2D eigenvalue weighted by atomic mass is 10.3. The summed E-state index contributed by atoms with van der Waals surface area (Å²) in [5, 5.41) is 9.06. The van der Waals surface area contributed by atoms with Gasteiger partial charge < -0.3 is 15.4 Å². The number of hydrogen-bond acceptors (Lipinski definition) is 5. The number of ether oxygens (including phenoxy) is 1. The first-order valence-electron chi connectivity index (χ1n) is 8.56. The first-order valence-corrected chi connectivity index (χ1v) is 8.56. The summed E-state index contributed by atoms with van der Waals surface area (Å²) in [7, 11) is 0. The van der Waals surface area contributed by atoms with Crippen LogP contribution in [-0.4, -0.2) is 39.2 Å². The lowest BCUT2D eigenvalue weighted by Crippen LogP contribution is -2.40. The zero-order chi connectivity index (χ0) is 20.8. The first kappa shape index (κ1) is 19.9. The zero-order valence-electron chi connectivity index (χ0n) is 15.3. The van der Waals surface area contributed by atoms with Gasteiger partial charge in [-0.05, 0) is 43.3 Å². The molecule has 0 aliphatic carbocycles. The van der Waals surface area contributed by atoms with Gasteiger partial charge in [-0.25, -0.2) is 18.4 Å². The Bertz CT molecular complexity index is 994. The SMILES string of the molecule is CC(Oc1ccc(F)c(F)c1)C(=O)NCC(=O)Nc1ccc(-n2cncn2)cc1. The highest BCUT2D eigenvalue weighted by atomic mass is 19.2. The largest absolute Gasteiger partial charge is 0.481 e. The minimum atomic E-state index is -1.08. The molecule has 1 unspecified atom stereocenters. The lowest BCUT2D eigenvalue weighted by Gasteiger charge is -2.15. The number of amides is 2. The van der Waals surface area contributed by atoms with Crippen molar-refractivity contribution in [2.75, 3.05) is 11.9 Å². The van der Waals surface area contributed by atoms with E-state index < -0.39 is 29.6 Å². The Labute approximate surface area is 164 Å². The van der Waals surface area contributed by atoms with Gasteiger partial charge in [0.05, 0.1) is 12.2 Å². The molecule has 2 N–H and O–H groups in total. The Hall–Kier alpha value is -3.82. The molecule has 0 bridgehead atoms. The molecule has 0 aliphatic heterocycles. The van der Waals surface area contributed by atoms with E-state index in [-0.39, 0.29) is 12.3 Å². The number of carbonyl (C=O) groups is 2. The average molecular weight is 401 g/mol. The van der Waals surface area contributed by atoms with Gasteiger partial charge in [-0.1, -0.05) is 0 Å². The third kappa shape index (κ3) is 5.34. The van der Waals surface area contributed by atoms with Crippen LogP contribution in [0.5, 0.6) is 5.75 Å². The van der Waals surface area contributed by atoms with Crippen molar-refractivity contribution < 1.29 is 23.1 Å². The molecule has 1 atom stereocenters. The summed E-state index contributed by atoms with van der Waals surface area (Å²) in [4.78, 5) is 27.9. The summed E-state index contributed by atoms with van der Waals surface area (Å²) < 4.78 is 32.9. The highest BCUT2D eigenvalue weighted by Crippen LogP contribution is 2.17. The van der Waals surface area contributed by atoms with E-state index in [9.17, 15) is 18.4 Å². The number of nitrogens with zero attached hydrogens (tertiary/aromatic N) is 3. The van der Waals surface area contributed by atoms with E-state index in [0.29, 0.717) is 5.69 Å². The van der Waals surface area contributed by atoms with Crippen molar-refractivity contribution >= 4 is 17.5 Å². The molecule has 8 nitrogen and oxygen atoms in total. The van der Waals surface area contributed by atoms with Gasteiger partial charge in [-0.2, -0.15) is 5.10 Å². The summed E-state index contributed by atoms with van der Waals surface area (Å²) in [5.74, 6) is -3.11. The van der Waals surface area contributed by atoms with Gasteiger partial charge in [0, 0.05) is 11.8 Å². The standard InChI is InChI=1S/C19H17F2N5O3/c1-12(29-15-6-7-16(20)17(21)8-15)19(28)23-9-18(27)25-13-2-4-14(5-3-13)26-11-22-10-24-26/h2-8,10-12H,9H2,1H3,(H,23,28)(H,25,27). The molecular formula is C19H17F2N5O3. The normalized spacial score (nSPS) is 11.6.